The van der Waals surface area contributed by atoms with E-state index in [0.29, 0.717) is 23.8 Å². The molecule has 0 saturated heterocycles. The summed E-state index contributed by atoms with van der Waals surface area (Å²) in [5.74, 6) is 0.877. The second-order valence-electron chi connectivity index (χ2n) is 5.40. The van der Waals surface area contributed by atoms with Crippen LogP contribution in [0.15, 0.2) is 24.3 Å². The fourth-order valence-corrected chi connectivity index (χ4v) is 2.43. The van der Waals surface area contributed by atoms with Crippen LogP contribution in [0.3, 0.4) is 0 Å². The van der Waals surface area contributed by atoms with Gasteiger partial charge < -0.3 is 15.2 Å². The van der Waals surface area contributed by atoms with Gasteiger partial charge in [-0.15, -0.1) is 0 Å². The van der Waals surface area contributed by atoms with Crippen molar-refractivity contribution in [1.82, 2.24) is 5.32 Å². The molecule has 0 aliphatic heterocycles. The van der Waals surface area contributed by atoms with Crippen molar-refractivity contribution in [2.24, 2.45) is 5.92 Å². The maximum absolute atomic E-state index is 11.7. The quantitative estimate of drug-likeness (QED) is 0.862. The van der Waals surface area contributed by atoms with E-state index in [0.717, 1.165) is 25.7 Å². The number of nitrogens with one attached hydrogen (secondary N) is 1. The Morgan fingerprint density at radius 1 is 1.29 bits per heavy atom. The van der Waals surface area contributed by atoms with E-state index in [1.54, 1.807) is 24.3 Å². The van der Waals surface area contributed by atoms with Crippen molar-refractivity contribution in [3.63, 3.8) is 0 Å². The van der Waals surface area contributed by atoms with Gasteiger partial charge in [-0.3, -0.25) is 4.79 Å². The van der Waals surface area contributed by atoms with Gasteiger partial charge in [0.1, 0.15) is 5.75 Å². The van der Waals surface area contributed by atoms with Crippen LogP contribution in [-0.2, 0) is 4.79 Å². The maximum atomic E-state index is 11.7. The molecule has 21 heavy (non-hydrogen) atoms. The van der Waals surface area contributed by atoms with E-state index in [4.69, 9.17) is 10.00 Å². The first-order valence-electron chi connectivity index (χ1n) is 7.25. The summed E-state index contributed by atoms with van der Waals surface area (Å²) in [5.41, 5.74) is 0.561. The van der Waals surface area contributed by atoms with Crippen LogP contribution in [0.25, 0.3) is 0 Å². The van der Waals surface area contributed by atoms with Gasteiger partial charge in [-0.05, 0) is 55.9 Å². The predicted octanol–water partition coefficient (Wildman–Crippen LogP) is 1.60. The van der Waals surface area contributed by atoms with Crippen molar-refractivity contribution in [3.8, 4) is 11.8 Å². The van der Waals surface area contributed by atoms with E-state index in [2.05, 4.69) is 5.32 Å². The van der Waals surface area contributed by atoms with Gasteiger partial charge in [-0.1, -0.05) is 0 Å². The molecule has 1 aromatic carbocycles. The molecule has 1 aliphatic carbocycles. The number of hydrogen-bond donors (Lipinski definition) is 2. The molecule has 112 valence electrons. The lowest BCUT2D eigenvalue weighted by atomic mass is 9.87. The highest BCUT2D eigenvalue weighted by Gasteiger charge is 2.19. The summed E-state index contributed by atoms with van der Waals surface area (Å²) in [6.07, 6.45) is 3.39. The molecule has 1 fully saturated rings. The van der Waals surface area contributed by atoms with Crippen molar-refractivity contribution in [3.05, 3.63) is 29.8 Å². The number of carbonyl (C=O) groups is 1. The Hall–Kier alpha value is -2.06. The minimum Gasteiger partial charge on any atom is -0.484 e. The highest BCUT2D eigenvalue weighted by Crippen LogP contribution is 2.23. The number of aliphatic hydroxyl groups is 1. The minimum atomic E-state index is -0.170. The Balaban J connectivity index is 1.66. The molecule has 0 heterocycles. The molecule has 5 nitrogen and oxygen atoms in total. The average molecular weight is 288 g/mol. The van der Waals surface area contributed by atoms with Crippen LogP contribution in [0.2, 0.25) is 0 Å². The lowest BCUT2D eigenvalue weighted by Crippen LogP contribution is -2.34. The van der Waals surface area contributed by atoms with Gasteiger partial charge in [0.25, 0.3) is 5.91 Å². The van der Waals surface area contributed by atoms with Crippen LogP contribution >= 0.6 is 0 Å². The molecule has 0 bridgehead atoms. The summed E-state index contributed by atoms with van der Waals surface area (Å²) in [6.45, 7) is 0.615. The zero-order valence-corrected chi connectivity index (χ0v) is 11.9. The maximum Gasteiger partial charge on any atom is 0.257 e. The number of benzene rings is 1. The van der Waals surface area contributed by atoms with Crippen LogP contribution in [0.5, 0.6) is 5.75 Å². The summed E-state index contributed by atoms with van der Waals surface area (Å²) in [6, 6.07) is 8.68. The van der Waals surface area contributed by atoms with E-state index in [9.17, 15) is 9.90 Å². The van der Waals surface area contributed by atoms with Crippen LogP contribution in [-0.4, -0.2) is 30.3 Å². The molecule has 0 atom stereocenters. The van der Waals surface area contributed by atoms with Gasteiger partial charge in [0.15, 0.2) is 6.61 Å². The van der Waals surface area contributed by atoms with Gasteiger partial charge in [0.2, 0.25) is 0 Å². The largest absolute Gasteiger partial charge is 0.484 e. The summed E-state index contributed by atoms with van der Waals surface area (Å²) in [4.78, 5) is 11.7. The Morgan fingerprint density at radius 3 is 2.57 bits per heavy atom. The normalized spacial score (nSPS) is 21.3. The van der Waals surface area contributed by atoms with Crippen molar-refractivity contribution in [2.75, 3.05) is 13.2 Å². The Bertz CT molecular complexity index is 499. The van der Waals surface area contributed by atoms with Crippen molar-refractivity contribution < 1.29 is 14.6 Å². The fourth-order valence-electron chi connectivity index (χ4n) is 2.43. The first-order chi connectivity index (χ1) is 10.2. The van der Waals surface area contributed by atoms with E-state index in [1.165, 1.54) is 0 Å². The molecule has 0 aromatic heterocycles. The first-order valence-corrected chi connectivity index (χ1v) is 7.25. The molecular weight excluding hydrogens is 268 g/mol. The van der Waals surface area contributed by atoms with Crippen LogP contribution in [0, 0.1) is 17.2 Å². The number of ether oxygens (including phenoxy) is 1. The second-order valence-corrected chi connectivity index (χ2v) is 5.40. The summed E-state index contributed by atoms with van der Waals surface area (Å²) < 4.78 is 5.36. The van der Waals surface area contributed by atoms with Crippen molar-refractivity contribution >= 4 is 5.91 Å². The third kappa shape index (κ3) is 5.09. The third-order valence-electron chi connectivity index (χ3n) is 3.76. The van der Waals surface area contributed by atoms with Gasteiger partial charge in [-0.2, -0.15) is 5.26 Å². The second kappa shape index (κ2) is 7.65. The molecule has 0 radical (unpaired) electrons. The molecule has 1 aromatic rings. The van der Waals surface area contributed by atoms with Crippen LogP contribution in [0.1, 0.15) is 31.2 Å². The highest BCUT2D eigenvalue weighted by molar-refractivity contribution is 5.77. The molecule has 0 spiro atoms. The number of amides is 1. The first kappa shape index (κ1) is 15.3. The number of aliphatic hydroxyl groups excluding tert-OH is 1. The van der Waals surface area contributed by atoms with E-state index >= 15 is 0 Å². The molecule has 1 aliphatic rings. The zero-order chi connectivity index (χ0) is 15.1. The number of carbonyl (C=O) groups excluding carboxylic acids is 1. The predicted molar refractivity (Wildman–Crippen MR) is 77.6 cm³/mol. The zero-order valence-electron chi connectivity index (χ0n) is 11.9. The summed E-state index contributed by atoms with van der Waals surface area (Å²) >= 11 is 0. The minimum absolute atomic E-state index is 0.0265. The molecule has 0 unspecified atom stereocenters. The molecular formula is C16H20N2O3. The van der Waals surface area contributed by atoms with Crippen LogP contribution in [0.4, 0.5) is 0 Å². The van der Waals surface area contributed by atoms with Gasteiger partial charge in [-0.25, -0.2) is 0 Å². The SMILES string of the molecule is N#Cc1ccc(OCC(=O)NCC2CCC(O)CC2)cc1. The van der Waals surface area contributed by atoms with Crippen molar-refractivity contribution in [2.45, 2.75) is 31.8 Å². The Kier molecular flexibility index (Phi) is 5.59. The summed E-state index contributed by atoms with van der Waals surface area (Å²) in [5, 5.41) is 21.0. The van der Waals surface area contributed by atoms with Crippen molar-refractivity contribution in [1.29, 1.82) is 5.26 Å². The lowest BCUT2D eigenvalue weighted by Gasteiger charge is -2.25. The third-order valence-corrected chi connectivity index (χ3v) is 3.76. The van der Waals surface area contributed by atoms with E-state index in [1.807, 2.05) is 6.07 Å². The molecule has 5 heteroatoms. The topological polar surface area (TPSA) is 82.3 Å². The smallest absolute Gasteiger partial charge is 0.257 e. The number of rotatable bonds is 5. The monoisotopic (exact) mass is 288 g/mol. The number of nitriles is 1. The molecule has 1 amide bonds. The molecule has 2 N–H and O–H groups in total. The van der Waals surface area contributed by atoms with E-state index in [-0.39, 0.29) is 18.6 Å². The Morgan fingerprint density at radius 2 is 1.95 bits per heavy atom. The number of hydrogen-bond acceptors (Lipinski definition) is 4. The molecule has 2 rings (SSSR count). The number of nitrogens with zero attached hydrogens (tertiary/aromatic N) is 1. The van der Waals surface area contributed by atoms with Gasteiger partial charge in [0.05, 0.1) is 17.7 Å². The standard InChI is InChI=1S/C16H20N2O3/c17-9-12-3-7-15(8-4-12)21-11-16(20)18-10-13-1-5-14(19)6-2-13/h3-4,7-8,13-14,19H,1-2,5-6,10-11H2,(H,18,20). The van der Waals surface area contributed by atoms with E-state index < -0.39 is 0 Å². The average Bonchev–Trinajstić information content (AvgIpc) is 2.53. The Labute approximate surface area is 124 Å². The highest BCUT2D eigenvalue weighted by atomic mass is 16.5. The van der Waals surface area contributed by atoms with Gasteiger partial charge >= 0.3 is 0 Å². The lowest BCUT2D eigenvalue weighted by molar-refractivity contribution is -0.123. The fraction of sp³-hybridized carbons (Fsp3) is 0.500. The molecule has 1 saturated carbocycles. The van der Waals surface area contributed by atoms with Crippen LogP contribution < -0.4 is 10.1 Å². The van der Waals surface area contributed by atoms with Gasteiger partial charge in [0, 0.05) is 6.54 Å². The summed E-state index contributed by atoms with van der Waals surface area (Å²) in [7, 11) is 0.